The number of Topliss-reactive ketones (excluding diaryl/α,β-unsaturated/α-hetero) is 1. The fourth-order valence-electron chi connectivity index (χ4n) is 2.35. The summed E-state index contributed by atoms with van der Waals surface area (Å²) in [6, 6.07) is -0.288. The Morgan fingerprint density at radius 2 is 1.74 bits per heavy atom. The fraction of sp³-hybridized carbons (Fsp3) is 0.938. The van der Waals surface area contributed by atoms with Crippen molar-refractivity contribution in [2.75, 3.05) is 11.5 Å². The molecule has 1 aliphatic rings. The summed E-state index contributed by atoms with van der Waals surface area (Å²) in [6.07, 6.45) is 6.92. The third-order valence-electron chi connectivity index (χ3n) is 3.45. The molecule has 0 radical (unpaired) electrons. The predicted molar refractivity (Wildman–Crippen MR) is 87.7 cm³/mol. The third kappa shape index (κ3) is 7.98. The lowest BCUT2D eigenvalue weighted by Crippen LogP contribution is -2.40. The molecule has 0 heterocycles. The molecule has 1 aliphatic carbocycles. The van der Waals surface area contributed by atoms with Crippen molar-refractivity contribution in [3.05, 3.63) is 0 Å². The number of carbonyl (C=O) groups excluding carboxylic acids is 1. The highest BCUT2D eigenvalue weighted by atomic mass is 32.2. The SMILES string of the molecule is CC.CC(C)(C)C(=O)C(N)CSCC1CCCCC1. The minimum absolute atomic E-state index is 0.189. The first-order valence-electron chi connectivity index (χ1n) is 7.79. The Hall–Kier alpha value is -0.0200. The maximum atomic E-state index is 11.9. The van der Waals surface area contributed by atoms with E-state index in [0.29, 0.717) is 0 Å². The van der Waals surface area contributed by atoms with Gasteiger partial charge in [-0.15, -0.1) is 0 Å². The van der Waals surface area contributed by atoms with E-state index in [1.807, 2.05) is 46.4 Å². The molecule has 0 spiro atoms. The van der Waals surface area contributed by atoms with E-state index in [2.05, 4.69) is 0 Å². The molecule has 0 bridgehead atoms. The first kappa shape index (κ1) is 19.0. The molecule has 0 aromatic heterocycles. The van der Waals surface area contributed by atoms with E-state index >= 15 is 0 Å². The maximum Gasteiger partial charge on any atom is 0.155 e. The molecule has 2 nitrogen and oxygen atoms in total. The number of ketones is 1. The van der Waals surface area contributed by atoms with Crippen LogP contribution in [0.2, 0.25) is 0 Å². The normalized spacial score (nSPS) is 18.4. The quantitative estimate of drug-likeness (QED) is 0.821. The lowest BCUT2D eigenvalue weighted by molar-refractivity contribution is -0.127. The van der Waals surface area contributed by atoms with Gasteiger partial charge in [0.2, 0.25) is 0 Å². The highest BCUT2D eigenvalue weighted by molar-refractivity contribution is 7.99. The highest BCUT2D eigenvalue weighted by Crippen LogP contribution is 2.27. The van der Waals surface area contributed by atoms with E-state index in [0.717, 1.165) is 11.7 Å². The van der Waals surface area contributed by atoms with Crippen molar-refractivity contribution in [1.29, 1.82) is 0 Å². The third-order valence-corrected chi connectivity index (χ3v) is 4.75. The van der Waals surface area contributed by atoms with Crippen molar-refractivity contribution in [1.82, 2.24) is 0 Å². The summed E-state index contributed by atoms with van der Waals surface area (Å²) in [4.78, 5) is 11.9. The van der Waals surface area contributed by atoms with Crippen molar-refractivity contribution in [3.8, 4) is 0 Å². The zero-order chi connectivity index (χ0) is 14.9. The molecule has 3 heteroatoms. The molecule has 0 aliphatic heterocycles. The zero-order valence-corrected chi connectivity index (χ0v) is 14.3. The molecule has 19 heavy (non-hydrogen) atoms. The number of carbonyl (C=O) groups is 1. The molecule has 114 valence electrons. The molecular formula is C16H33NOS. The van der Waals surface area contributed by atoms with Gasteiger partial charge in [0.15, 0.2) is 5.78 Å². The average Bonchev–Trinajstić information content (AvgIpc) is 2.40. The Kier molecular flexibility index (Phi) is 9.81. The average molecular weight is 288 g/mol. The first-order valence-corrected chi connectivity index (χ1v) is 8.94. The molecule has 0 aromatic rings. The molecule has 0 aromatic carbocycles. The van der Waals surface area contributed by atoms with Gasteiger partial charge in [-0.2, -0.15) is 11.8 Å². The van der Waals surface area contributed by atoms with Gasteiger partial charge in [-0.25, -0.2) is 0 Å². The lowest BCUT2D eigenvalue weighted by Gasteiger charge is -2.24. The van der Waals surface area contributed by atoms with Crippen LogP contribution in [-0.2, 0) is 4.79 Å². The van der Waals surface area contributed by atoms with Crippen LogP contribution in [0.3, 0.4) is 0 Å². The van der Waals surface area contributed by atoms with Crippen LogP contribution in [0.25, 0.3) is 0 Å². The van der Waals surface area contributed by atoms with E-state index < -0.39 is 0 Å². The van der Waals surface area contributed by atoms with Crippen LogP contribution in [0.5, 0.6) is 0 Å². The Morgan fingerprint density at radius 1 is 1.21 bits per heavy atom. The van der Waals surface area contributed by atoms with Crippen molar-refractivity contribution in [2.45, 2.75) is 72.8 Å². The minimum Gasteiger partial charge on any atom is -0.321 e. The van der Waals surface area contributed by atoms with Crippen molar-refractivity contribution in [2.24, 2.45) is 17.1 Å². The topological polar surface area (TPSA) is 43.1 Å². The van der Waals surface area contributed by atoms with E-state index in [4.69, 9.17) is 5.73 Å². The molecule has 1 fully saturated rings. The van der Waals surface area contributed by atoms with Crippen LogP contribution in [0.1, 0.15) is 66.7 Å². The standard InChI is InChI=1S/C14H27NOS.C2H6/c1-14(2,3)13(16)12(15)10-17-9-11-7-5-4-6-8-11;1-2/h11-12H,4-10,15H2,1-3H3;1-2H3. The Labute approximate surface area is 124 Å². The molecule has 1 rings (SSSR count). The van der Waals surface area contributed by atoms with Gasteiger partial charge in [0.25, 0.3) is 0 Å². The van der Waals surface area contributed by atoms with Gasteiger partial charge < -0.3 is 5.73 Å². The number of thioether (sulfide) groups is 1. The molecule has 0 amide bonds. The van der Waals surface area contributed by atoms with Crippen LogP contribution < -0.4 is 5.73 Å². The van der Waals surface area contributed by atoms with E-state index in [1.54, 1.807) is 0 Å². The van der Waals surface area contributed by atoms with Crippen LogP contribution in [0.4, 0.5) is 0 Å². The van der Waals surface area contributed by atoms with Crippen LogP contribution in [0, 0.1) is 11.3 Å². The number of rotatable bonds is 5. The van der Waals surface area contributed by atoms with Crippen LogP contribution in [0.15, 0.2) is 0 Å². The van der Waals surface area contributed by atoms with Gasteiger partial charge in [-0.3, -0.25) is 4.79 Å². The van der Waals surface area contributed by atoms with Gasteiger partial charge >= 0.3 is 0 Å². The number of nitrogens with two attached hydrogens (primary N) is 1. The number of hydrogen-bond acceptors (Lipinski definition) is 3. The molecular weight excluding hydrogens is 254 g/mol. The van der Waals surface area contributed by atoms with Gasteiger partial charge in [0.05, 0.1) is 6.04 Å². The first-order chi connectivity index (χ1) is 8.91. The highest BCUT2D eigenvalue weighted by Gasteiger charge is 2.27. The van der Waals surface area contributed by atoms with Gasteiger partial charge in [-0.1, -0.05) is 53.9 Å². The minimum atomic E-state index is -0.301. The molecule has 0 saturated heterocycles. The molecule has 2 N–H and O–H groups in total. The Bertz CT molecular complexity index is 242. The van der Waals surface area contributed by atoms with E-state index in [-0.39, 0.29) is 17.2 Å². The van der Waals surface area contributed by atoms with Crippen LogP contribution in [-0.4, -0.2) is 23.3 Å². The second kappa shape index (κ2) is 9.82. The summed E-state index contributed by atoms with van der Waals surface area (Å²) in [6.45, 7) is 9.84. The lowest BCUT2D eigenvalue weighted by atomic mass is 9.87. The summed E-state index contributed by atoms with van der Waals surface area (Å²) in [7, 11) is 0. The van der Waals surface area contributed by atoms with Crippen LogP contribution >= 0.6 is 11.8 Å². The van der Waals surface area contributed by atoms with E-state index in [9.17, 15) is 4.79 Å². The summed E-state index contributed by atoms with van der Waals surface area (Å²) in [5.41, 5.74) is 5.65. The number of hydrogen-bond donors (Lipinski definition) is 1. The summed E-state index contributed by atoms with van der Waals surface area (Å²) in [5, 5.41) is 0. The van der Waals surface area contributed by atoms with Gasteiger partial charge in [0.1, 0.15) is 0 Å². The monoisotopic (exact) mass is 287 g/mol. The fourth-order valence-corrected chi connectivity index (χ4v) is 3.56. The summed E-state index contributed by atoms with van der Waals surface area (Å²) in [5.74, 6) is 3.02. The molecule has 1 saturated carbocycles. The van der Waals surface area contributed by atoms with Gasteiger partial charge in [-0.05, 0) is 24.5 Å². The van der Waals surface area contributed by atoms with Crippen molar-refractivity contribution in [3.63, 3.8) is 0 Å². The summed E-state index contributed by atoms with van der Waals surface area (Å²) < 4.78 is 0. The zero-order valence-electron chi connectivity index (χ0n) is 13.5. The second-order valence-corrected chi connectivity index (χ2v) is 7.34. The van der Waals surface area contributed by atoms with Crippen molar-refractivity contribution >= 4 is 17.5 Å². The largest absolute Gasteiger partial charge is 0.321 e. The van der Waals surface area contributed by atoms with Crippen molar-refractivity contribution < 1.29 is 4.79 Å². The Morgan fingerprint density at radius 3 is 2.21 bits per heavy atom. The summed E-state index contributed by atoms with van der Waals surface area (Å²) >= 11 is 1.87. The maximum absolute atomic E-state index is 11.9. The predicted octanol–water partition coefficient (Wildman–Crippen LogP) is 4.27. The molecule has 1 unspecified atom stereocenters. The smallest absolute Gasteiger partial charge is 0.155 e. The second-order valence-electron chi connectivity index (χ2n) is 6.26. The van der Waals surface area contributed by atoms with Gasteiger partial charge in [0, 0.05) is 11.2 Å². The molecule has 1 atom stereocenters. The van der Waals surface area contributed by atoms with E-state index in [1.165, 1.54) is 37.9 Å². The Balaban J connectivity index is 0.00000154.